The second kappa shape index (κ2) is 10.6. The van der Waals surface area contributed by atoms with Gasteiger partial charge in [0.15, 0.2) is 0 Å². The van der Waals surface area contributed by atoms with E-state index >= 15 is 0 Å². The molecule has 1 amide bonds. The first-order valence-electron chi connectivity index (χ1n) is 11.4. The number of rotatable bonds is 8. The lowest BCUT2D eigenvalue weighted by Gasteiger charge is -2.11. The zero-order chi connectivity index (χ0) is 24.7. The Balaban J connectivity index is 1.26. The number of nitrogens with one attached hydrogen (secondary N) is 1. The molecule has 0 fully saturated rings. The summed E-state index contributed by atoms with van der Waals surface area (Å²) < 4.78 is 13.2. The normalized spacial score (nSPS) is 10.7. The van der Waals surface area contributed by atoms with Gasteiger partial charge in [0.1, 0.15) is 30.5 Å². The van der Waals surface area contributed by atoms with Crippen molar-refractivity contribution in [2.75, 3.05) is 5.32 Å². The Hall–Kier alpha value is -4.91. The van der Waals surface area contributed by atoms with Crippen molar-refractivity contribution in [1.29, 1.82) is 0 Å². The van der Waals surface area contributed by atoms with Crippen LogP contribution in [0, 0.1) is 0 Å². The van der Waals surface area contributed by atoms with E-state index in [-0.39, 0.29) is 19.1 Å². The molecule has 0 aliphatic rings. The van der Waals surface area contributed by atoms with Crippen LogP contribution in [0.5, 0.6) is 11.5 Å². The van der Waals surface area contributed by atoms with E-state index in [9.17, 15) is 9.59 Å². The third-order valence-electron chi connectivity index (χ3n) is 5.51. The molecule has 1 heterocycles. The highest BCUT2D eigenvalue weighted by atomic mass is 16.5. The number of amides is 1. The fourth-order valence-corrected chi connectivity index (χ4v) is 3.77. The fraction of sp³-hybridized carbons (Fsp3) is 0.0690. The molecule has 0 atom stereocenters. The van der Waals surface area contributed by atoms with Crippen molar-refractivity contribution in [3.63, 3.8) is 0 Å². The third kappa shape index (κ3) is 5.42. The van der Waals surface area contributed by atoms with Gasteiger partial charge in [-0.15, -0.1) is 0 Å². The number of ether oxygens (including phenoxy) is 2. The van der Waals surface area contributed by atoms with E-state index in [1.165, 1.54) is 0 Å². The number of para-hydroxylation sites is 3. The van der Waals surface area contributed by atoms with Gasteiger partial charge in [0.05, 0.1) is 11.0 Å². The first kappa shape index (κ1) is 22.9. The topological polar surface area (TPSA) is 82.5 Å². The number of anilines is 1. The van der Waals surface area contributed by atoms with Crippen LogP contribution in [0.3, 0.4) is 0 Å². The van der Waals surface area contributed by atoms with E-state index in [4.69, 9.17) is 9.47 Å². The summed E-state index contributed by atoms with van der Waals surface area (Å²) in [6, 6.07) is 32.7. The Labute approximate surface area is 207 Å². The van der Waals surface area contributed by atoms with Crippen LogP contribution >= 0.6 is 0 Å². The number of hydrogen-bond donors (Lipinski definition) is 1. The molecular formula is C29H23N3O4. The summed E-state index contributed by atoms with van der Waals surface area (Å²) in [5.74, 6) is 1.07. The molecule has 5 aromatic rings. The SMILES string of the molecule is O=C(Cn1c(COc2ccccc2)nc2ccccc21)Oc1ccc(NC(=O)c2ccccc2)cc1. The Morgan fingerprint density at radius 3 is 2.17 bits per heavy atom. The quantitative estimate of drug-likeness (QED) is 0.237. The van der Waals surface area contributed by atoms with E-state index in [0.717, 1.165) is 16.8 Å². The number of esters is 1. The smallest absolute Gasteiger partial charge is 0.331 e. The van der Waals surface area contributed by atoms with Crippen molar-refractivity contribution in [2.45, 2.75) is 13.2 Å². The van der Waals surface area contributed by atoms with Crippen molar-refractivity contribution in [2.24, 2.45) is 0 Å². The van der Waals surface area contributed by atoms with Crippen LogP contribution < -0.4 is 14.8 Å². The molecular weight excluding hydrogens is 454 g/mol. The molecule has 1 N–H and O–H groups in total. The lowest BCUT2D eigenvalue weighted by molar-refractivity contribution is -0.135. The van der Waals surface area contributed by atoms with Crippen molar-refractivity contribution in [3.05, 3.63) is 121 Å². The predicted octanol–water partition coefficient (Wildman–Crippen LogP) is 5.47. The van der Waals surface area contributed by atoms with Crippen molar-refractivity contribution in [3.8, 4) is 11.5 Å². The van der Waals surface area contributed by atoms with Crippen molar-refractivity contribution in [1.82, 2.24) is 9.55 Å². The van der Waals surface area contributed by atoms with E-state index in [1.807, 2.05) is 60.7 Å². The van der Waals surface area contributed by atoms with Crippen molar-refractivity contribution >= 4 is 28.6 Å². The minimum Gasteiger partial charge on any atom is -0.486 e. The Morgan fingerprint density at radius 1 is 0.750 bits per heavy atom. The number of hydrogen-bond acceptors (Lipinski definition) is 5. The molecule has 0 bridgehead atoms. The van der Waals surface area contributed by atoms with Gasteiger partial charge in [-0.1, -0.05) is 48.5 Å². The summed E-state index contributed by atoms with van der Waals surface area (Å²) in [7, 11) is 0. The van der Waals surface area contributed by atoms with Crippen LogP contribution in [-0.2, 0) is 17.9 Å². The number of fused-ring (bicyclic) bond motifs is 1. The summed E-state index contributed by atoms with van der Waals surface area (Å²) in [4.78, 5) is 29.8. The van der Waals surface area contributed by atoms with Gasteiger partial charge in [0.25, 0.3) is 5.91 Å². The van der Waals surface area contributed by atoms with Gasteiger partial charge < -0.3 is 19.4 Å². The molecule has 36 heavy (non-hydrogen) atoms. The number of aromatic nitrogens is 2. The highest BCUT2D eigenvalue weighted by molar-refractivity contribution is 6.04. The lowest BCUT2D eigenvalue weighted by atomic mass is 10.2. The largest absolute Gasteiger partial charge is 0.486 e. The van der Waals surface area contributed by atoms with Gasteiger partial charge in [-0.3, -0.25) is 4.79 Å². The minimum atomic E-state index is -0.444. The van der Waals surface area contributed by atoms with Gasteiger partial charge in [0, 0.05) is 11.3 Å². The van der Waals surface area contributed by atoms with Gasteiger partial charge in [-0.25, -0.2) is 9.78 Å². The molecule has 0 radical (unpaired) electrons. The highest BCUT2D eigenvalue weighted by Gasteiger charge is 2.16. The minimum absolute atomic E-state index is 0.0273. The van der Waals surface area contributed by atoms with Crippen LogP contribution in [0.15, 0.2) is 109 Å². The molecule has 5 rings (SSSR count). The summed E-state index contributed by atoms with van der Waals surface area (Å²) in [5, 5.41) is 2.82. The Bertz CT molecular complexity index is 1480. The molecule has 0 saturated carbocycles. The molecule has 4 aromatic carbocycles. The highest BCUT2D eigenvalue weighted by Crippen LogP contribution is 2.20. The average molecular weight is 478 g/mol. The molecule has 0 saturated heterocycles. The Kier molecular flexibility index (Phi) is 6.71. The molecule has 0 aliphatic heterocycles. The van der Waals surface area contributed by atoms with Crippen LogP contribution in [-0.4, -0.2) is 21.4 Å². The summed E-state index contributed by atoms with van der Waals surface area (Å²) >= 11 is 0. The van der Waals surface area contributed by atoms with Gasteiger partial charge in [0.2, 0.25) is 0 Å². The molecule has 1 aromatic heterocycles. The van der Waals surface area contributed by atoms with E-state index < -0.39 is 5.97 Å². The predicted molar refractivity (Wildman–Crippen MR) is 137 cm³/mol. The third-order valence-corrected chi connectivity index (χ3v) is 5.51. The van der Waals surface area contributed by atoms with Crippen LogP contribution in [0.1, 0.15) is 16.2 Å². The lowest BCUT2D eigenvalue weighted by Crippen LogP contribution is -2.19. The molecule has 7 nitrogen and oxygen atoms in total. The standard InChI is InChI=1S/C29H23N3O4/c33-28(36-24-17-15-22(16-18-24)30-29(34)21-9-3-1-4-10-21)19-32-26-14-8-7-13-25(26)31-27(32)20-35-23-11-5-2-6-12-23/h1-18H,19-20H2,(H,30,34). The zero-order valence-corrected chi connectivity index (χ0v) is 19.3. The van der Waals surface area contributed by atoms with Crippen LogP contribution in [0.25, 0.3) is 11.0 Å². The number of carbonyl (C=O) groups is 2. The first-order chi connectivity index (χ1) is 17.7. The van der Waals surface area contributed by atoms with E-state index in [2.05, 4.69) is 10.3 Å². The van der Waals surface area contributed by atoms with E-state index in [0.29, 0.717) is 22.8 Å². The van der Waals surface area contributed by atoms with Crippen LogP contribution in [0.4, 0.5) is 5.69 Å². The van der Waals surface area contributed by atoms with Crippen LogP contribution in [0.2, 0.25) is 0 Å². The molecule has 0 spiro atoms. The summed E-state index contributed by atoms with van der Waals surface area (Å²) in [5.41, 5.74) is 2.76. The molecule has 178 valence electrons. The number of carbonyl (C=O) groups excluding carboxylic acids is 2. The Morgan fingerprint density at radius 2 is 1.42 bits per heavy atom. The number of nitrogens with zero attached hydrogens (tertiary/aromatic N) is 2. The molecule has 0 unspecified atom stereocenters. The van der Waals surface area contributed by atoms with Gasteiger partial charge in [-0.05, 0) is 60.7 Å². The molecule has 7 heteroatoms. The maximum absolute atomic E-state index is 12.8. The number of imidazole rings is 1. The first-order valence-corrected chi connectivity index (χ1v) is 11.4. The second-order valence-corrected chi connectivity index (χ2v) is 8.02. The zero-order valence-electron chi connectivity index (χ0n) is 19.3. The van der Waals surface area contributed by atoms with Gasteiger partial charge in [-0.2, -0.15) is 0 Å². The average Bonchev–Trinajstić information content (AvgIpc) is 3.26. The van der Waals surface area contributed by atoms with E-state index in [1.54, 1.807) is 53.1 Å². The summed E-state index contributed by atoms with van der Waals surface area (Å²) in [6.07, 6.45) is 0. The monoisotopic (exact) mass is 477 g/mol. The van der Waals surface area contributed by atoms with Crippen molar-refractivity contribution < 1.29 is 19.1 Å². The maximum Gasteiger partial charge on any atom is 0.331 e. The number of benzene rings is 4. The second-order valence-electron chi connectivity index (χ2n) is 8.02. The van der Waals surface area contributed by atoms with Gasteiger partial charge >= 0.3 is 5.97 Å². The fourth-order valence-electron chi connectivity index (χ4n) is 3.77. The maximum atomic E-state index is 12.8. The summed E-state index contributed by atoms with van der Waals surface area (Å²) in [6.45, 7) is 0.183. The molecule has 0 aliphatic carbocycles.